The fourth-order valence-corrected chi connectivity index (χ4v) is 5.75. The number of thiol groups is 1. The fourth-order valence-electron chi connectivity index (χ4n) is 5.50. The lowest BCUT2D eigenvalue weighted by molar-refractivity contribution is -0.138. The number of hydrogen-bond acceptors (Lipinski definition) is 9. The van der Waals surface area contributed by atoms with Crippen molar-refractivity contribution in [2.75, 3.05) is 13.7 Å². The van der Waals surface area contributed by atoms with Gasteiger partial charge in [-0.2, -0.15) is 12.6 Å². The van der Waals surface area contributed by atoms with Crippen molar-refractivity contribution in [2.24, 2.45) is 5.73 Å². The molecule has 0 radical (unpaired) electrons. The van der Waals surface area contributed by atoms with E-state index < -0.39 is 23.4 Å². The zero-order valence-corrected chi connectivity index (χ0v) is 24.7. The summed E-state index contributed by atoms with van der Waals surface area (Å²) in [5.74, 6) is -1.29. The number of amides is 1. The van der Waals surface area contributed by atoms with Gasteiger partial charge in [-0.05, 0) is 44.4 Å². The van der Waals surface area contributed by atoms with E-state index in [0.717, 1.165) is 16.5 Å². The third-order valence-corrected chi connectivity index (χ3v) is 8.28. The number of carbonyl (C=O) groups is 3. The minimum absolute atomic E-state index is 0.0672. The van der Waals surface area contributed by atoms with Crippen LogP contribution in [0.3, 0.4) is 0 Å². The van der Waals surface area contributed by atoms with E-state index in [2.05, 4.69) is 12.6 Å². The van der Waals surface area contributed by atoms with E-state index in [9.17, 15) is 24.3 Å². The smallest absolute Gasteiger partial charge is 0.303 e. The molecule has 0 saturated carbocycles. The molecular weight excluding hydrogens is 560 g/mol. The molecule has 0 bridgehead atoms. The zero-order valence-electron chi connectivity index (χ0n) is 23.8. The molecular formula is C30H36N4O7S. The lowest BCUT2D eigenvalue weighted by Crippen LogP contribution is -2.51. The lowest BCUT2D eigenvalue weighted by atomic mass is 9.97. The molecule has 1 aliphatic rings. The highest BCUT2D eigenvalue weighted by Gasteiger charge is 2.31. The number of aliphatic hydroxyl groups is 1. The van der Waals surface area contributed by atoms with Crippen molar-refractivity contribution in [2.45, 2.75) is 69.7 Å². The second-order valence-electron chi connectivity index (χ2n) is 10.7. The number of nitrogens with two attached hydrogens (primary N) is 1. The molecule has 0 aliphatic carbocycles. The number of rotatable bonds is 13. The first kappa shape index (κ1) is 31.4. The summed E-state index contributed by atoms with van der Waals surface area (Å²) in [4.78, 5) is 56.0. The Balaban J connectivity index is 1.74. The number of fused-ring (bicyclic) bond motifs is 4. The monoisotopic (exact) mass is 596 g/mol. The molecule has 0 spiro atoms. The van der Waals surface area contributed by atoms with E-state index in [0.29, 0.717) is 36.2 Å². The first-order valence-electron chi connectivity index (χ1n) is 13.8. The fraction of sp³-hybridized carbons (Fsp3) is 0.433. The van der Waals surface area contributed by atoms with Crippen LogP contribution in [0.25, 0.3) is 22.3 Å². The van der Waals surface area contributed by atoms with Crippen LogP contribution in [0.1, 0.15) is 55.0 Å². The van der Waals surface area contributed by atoms with Gasteiger partial charge in [-0.25, -0.2) is 4.98 Å². The highest BCUT2D eigenvalue weighted by molar-refractivity contribution is 7.81. The summed E-state index contributed by atoms with van der Waals surface area (Å²) < 4.78 is 6.78. The van der Waals surface area contributed by atoms with Gasteiger partial charge < -0.3 is 34.9 Å². The largest absolute Gasteiger partial charge is 0.481 e. The van der Waals surface area contributed by atoms with E-state index in [4.69, 9.17) is 20.6 Å². The number of carboxylic acids is 1. The molecule has 1 aromatic carbocycles. The van der Waals surface area contributed by atoms with Crippen molar-refractivity contribution in [3.8, 4) is 11.4 Å². The maximum Gasteiger partial charge on any atom is 0.303 e. The van der Waals surface area contributed by atoms with Crippen molar-refractivity contribution in [1.82, 2.24) is 14.5 Å². The van der Waals surface area contributed by atoms with Crippen LogP contribution in [-0.2, 0) is 38.7 Å². The van der Waals surface area contributed by atoms with Gasteiger partial charge in [0.05, 0.1) is 36.1 Å². The van der Waals surface area contributed by atoms with Crippen LogP contribution >= 0.6 is 12.6 Å². The number of hydrogen-bond donors (Lipinski definition) is 4. The third-order valence-electron chi connectivity index (χ3n) is 7.70. The molecule has 3 unspecified atom stereocenters. The molecule has 1 amide bonds. The number of aliphatic carboxylic acids is 1. The molecule has 12 heteroatoms. The topological polar surface area (TPSA) is 165 Å². The van der Waals surface area contributed by atoms with Crippen molar-refractivity contribution < 1.29 is 29.3 Å². The van der Waals surface area contributed by atoms with E-state index in [1.54, 1.807) is 15.5 Å². The van der Waals surface area contributed by atoms with E-state index in [1.165, 1.54) is 7.11 Å². The first-order chi connectivity index (χ1) is 20.0. The number of benzene rings is 1. The quantitative estimate of drug-likeness (QED) is 0.134. The van der Waals surface area contributed by atoms with E-state index in [-0.39, 0.29) is 54.6 Å². The van der Waals surface area contributed by atoms with Gasteiger partial charge in [-0.3, -0.25) is 14.4 Å². The summed E-state index contributed by atoms with van der Waals surface area (Å²) in [6, 6.07) is 8.05. The molecule has 11 nitrogen and oxygen atoms in total. The molecule has 0 saturated heterocycles. The Kier molecular flexibility index (Phi) is 9.82. The van der Waals surface area contributed by atoms with Gasteiger partial charge in [0.15, 0.2) is 6.29 Å². The lowest BCUT2D eigenvalue weighted by Gasteiger charge is -2.31. The summed E-state index contributed by atoms with van der Waals surface area (Å²) in [6.07, 6.45) is -0.647. The van der Waals surface area contributed by atoms with E-state index >= 15 is 0 Å². The summed E-state index contributed by atoms with van der Waals surface area (Å²) in [5, 5.41) is 19.7. The molecule has 0 fully saturated rings. The Morgan fingerprint density at radius 2 is 1.98 bits per heavy atom. The Labute approximate surface area is 248 Å². The highest BCUT2D eigenvalue weighted by Crippen LogP contribution is 2.37. The van der Waals surface area contributed by atoms with Gasteiger partial charge >= 0.3 is 5.97 Å². The molecule has 4 N–H and O–H groups in total. The summed E-state index contributed by atoms with van der Waals surface area (Å²) in [6.45, 7) is 4.25. The van der Waals surface area contributed by atoms with Gasteiger partial charge in [0.2, 0.25) is 5.91 Å². The number of carbonyl (C=O) groups excluding carboxylic acids is 2. The summed E-state index contributed by atoms with van der Waals surface area (Å²) in [7, 11) is 1.44. The first-order valence-corrected chi connectivity index (χ1v) is 14.3. The Bertz CT molecular complexity index is 1570. The van der Waals surface area contributed by atoms with Crippen molar-refractivity contribution in [1.29, 1.82) is 0 Å². The van der Waals surface area contributed by atoms with Crippen LogP contribution in [-0.4, -0.2) is 73.8 Å². The van der Waals surface area contributed by atoms with Gasteiger partial charge in [0.1, 0.15) is 6.10 Å². The SMILES string of the molecule is COCc1c(C(O)C=O)cc2n(c1=O)Cc1c-2nc2ccccc2c1CCN(C(=O)C(N)C(S)CCC(=O)O)C(C)C. The zero-order chi connectivity index (χ0) is 30.7. The normalized spacial score (nSPS) is 14.4. The molecule has 1 aliphatic heterocycles. The Hall–Kier alpha value is -3.58. The average Bonchev–Trinajstić information content (AvgIpc) is 3.34. The predicted octanol–water partition coefficient (Wildman–Crippen LogP) is 2.07. The molecule has 224 valence electrons. The number of aromatic nitrogens is 2. The number of ether oxygens (including phenoxy) is 1. The van der Waals surface area contributed by atoms with E-state index in [1.807, 2.05) is 38.1 Å². The van der Waals surface area contributed by atoms with Crippen LogP contribution in [0.4, 0.5) is 0 Å². The molecule has 3 atom stereocenters. The minimum atomic E-state index is -1.49. The van der Waals surface area contributed by atoms with Crippen LogP contribution in [0.2, 0.25) is 0 Å². The maximum atomic E-state index is 13.6. The molecule has 42 heavy (non-hydrogen) atoms. The van der Waals surface area contributed by atoms with Gasteiger partial charge in [0, 0.05) is 53.4 Å². The molecule has 3 heterocycles. The van der Waals surface area contributed by atoms with Gasteiger partial charge in [-0.15, -0.1) is 0 Å². The van der Waals surface area contributed by atoms with Crippen LogP contribution in [0.5, 0.6) is 0 Å². The third kappa shape index (κ3) is 6.12. The number of aliphatic hydroxyl groups excluding tert-OH is 1. The van der Waals surface area contributed by atoms with Crippen molar-refractivity contribution >= 4 is 41.7 Å². The number of nitrogens with zero attached hydrogens (tertiary/aromatic N) is 3. The average molecular weight is 597 g/mol. The number of pyridine rings is 2. The minimum Gasteiger partial charge on any atom is -0.481 e. The maximum absolute atomic E-state index is 13.6. The summed E-state index contributed by atoms with van der Waals surface area (Å²) in [5.41, 5.74) is 9.76. The van der Waals surface area contributed by atoms with Gasteiger partial charge in [0.25, 0.3) is 5.56 Å². The van der Waals surface area contributed by atoms with Crippen molar-refractivity contribution in [3.63, 3.8) is 0 Å². The number of carboxylic acid groups (broad SMARTS) is 1. The van der Waals surface area contributed by atoms with Crippen LogP contribution in [0.15, 0.2) is 35.1 Å². The number of methoxy groups -OCH3 is 1. The second-order valence-corrected chi connectivity index (χ2v) is 11.4. The number of para-hydroxylation sites is 1. The molecule has 4 rings (SSSR count). The molecule has 3 aromatic rings. The van der Waals surface area contributed by atoms with Crippen molar-refractivity contribution in [3.05, 3.63) is 62.9 Å². The van der Waals surface area contributed by atoms with Crippen LogP contribution in [0, 0.1) is 0 Å². The predicted molar refractivity (Wildman–Crippen MR) is 160 cm³/mol. The van der Waals surface area contributed by atoms with Crippen LogP contribution < -0.4 is 11.3 Å². The standard InChI is InChI=1S/C30H36N4O7S/c1-16(2)33(30(40)27(31)25(42)8-9-26(37)38)11-10-17-18-6-4-5-7-22(18)32-28-20(17)13-34-23(28)12-19(24(36)14-35)21(15-41-3)29(34)39/h4-7,12,14,16,24-25,27,36,42H,8-11,13,15,31H2,1-3H3,(H,37,38). The Morgan fingerprint density at radius 3 is 2.62 bits per heavy atom. The Morgan fingerprint density at radius 1 is 1.26 bits per heavy atom. The summed E-state index contributed by atoms with van der Waals surface area (Å²) >= 11 is 4.41. The second kappa shape index (κ2) is 13.2. The number of aldehydes is 1. The highest BCUT2D eigenvalue weighted by atomic mass is 32.1. The van der Waals surface area contributed by atoms with Gasteiger partial charge in [-0.1, -0.05) is 18.2 Å². The molecule has 2 aromatic heterocycles.